The van der Waals surface area contributed by atoms with Gasteiger partial charge >= 0.3 is 18.1 Å². The molecule has 0 spiro atoms. The Morgan fingerprint density at radius 2 is 1.66 bits per heavy atom. The number of anilines is 3. The van der Waals surface area contributed by atoms with Crippen LogP contribution in [-0.2, 0) is 4.74 Å². The van der Waals surface area contributed by atoms with Gasteiger partial charge in [0.25, 0.3) is 0 Å². The van der Waals surface area contributed by atoms with E-state index in [1.807, 2.05) is 20.8 Å². The first kappa shape index (κ1) is 28.7. The molecule has 38 heavy (non-hydrogen) atoms. The van der Waals surface area contributed by atoms with Gasteiger partial charge in [-0.2, -0.15) is 15.0 Å². The van der Waals surface area contributed by atoms with Crippen LogP contribution in [-0.4, -0.2) is 74.0 Å². The van der Waals surface area contributed by atoms with E-state index in [2.05, 4.69) is 25.6 Å². The number of hydrogen-bond acceptors (Lipinski definition) is 10. The Hall–Kier alpha value is -3.83. The average Bonchev–Trinajstić information content (AvgIpc) is 2.82. The SMILES string of the molecule is CC(C)(C)OC(=O)N1CCCCCCCCNc2nc(O)nc(n2)Nc2ccc(C(=O)O)c(c2)OCCC1. The number of carboxylic acids is 1. The van der Waals surface area contributed by atoms with Crippen LogP contribution >= 0.6 is 0 Å². The van der Waals surface area contributed by atoms with Crippen LogP contribution in [0, 0.1) is 0 Å². The number of aromatic nitrogens is 3. The first-order valence-electron chi connectivity index (χ1n) is 13.0. The molecule has 4 bridgehead atoms. The highest BCUT2D eigenvalue weighted by atomic mass is 16.6. The number of rotatable bonds is 1. The molecule has 0 fully saturated rings. The lowest BCUT2D eigenvalue weighted by molar-refractivity contribution is 0.0238. The van der Waals surface area contributed by atoms with Gasteiger partial charge in [0.15, 0.2) is 0 Å². The maximum absolute atomic E-state index is 12.8. The summed E-state index contributed by atoms with van der Waals surface area (Å²) in [5.74, 6) is -0.620. The topological polar surface area (TPSA) is 159 Å². The molecule has 0 radical (unpaired) electrons. The Bertz CT molecular complexity index is 1090. The number of amides is 1. The van der Waals surface area contributed by atoms with Crippen molar-refractivity contribution in [3.63, 3.8) is 0 Å². The van der Waals surface area contributed by atoms with Crippen LogP contribution in [0.5, 0.6) is 11.8 Å². The number of carboxylic acid groups (broad SMARTS) is 1. The molecule has 1 aromatic carbocycles. The third-order valence-corrected chi connectivity index (χ3v) is 5.71. The fourth-order valence-corrected chi connectivity index (χ4v) is 3.92. The molecule has 1 aliphatic rings. The second kappa shape index (κ2) is 13.6. The normalized spacial score (nSPS) is 16.1. The number of hydrogen-bond donors (Lipinski definition) is 4. The third-order valence-electron chi connectivity index (χ3n) is 5.71. The predicted octanol–water partition coefficient (Wildman–Crippen LogP) is 4.79. The van der Waals surface area contributed by atoms with Crippen LogP contribution < -0.4 is 15.4 Å². The van der Waals surface area contributed by atoms with Crippen LogP contribution in [0.1, 0.15) is 76.1 Å². The van der Waals surface area contributed by atoms with Crippen molar-refractivity contribution in [2.75, 3.05) is 36.9 Å². The van der Waals surface area contributed by atoms with Gasteiger partial charge in [0.05, 0.1) is 6.61 Å². The minimum absolute atomic E-state index is 0.00112. The molecule has 1 aromatic heterocycles. The molecule has 12 heteroatoms. The molecule has 1 aliphatic heterocycles. The van der Waals surface area contributed by atoms with Gasteiger partial charge in [-0.3, -0.25) is 0 Å². The molecule has 1 amide bonds. The smallest absolute Gasteiger partial charge is 0.410 e. The fraction of sp³-hybridized carbons (Fsp3) is 0.577. The molecule has 0 saturated heterocycles. The first-order chi connectivity index (χ1) is 18.1. The average molecular weight is 531 g/mol. The second-order valence-electron chi connectivity index (χ2n) is 10.1. The van der Waals surface area contributed by atoms with Crippen LogP contribution in [0.15, 0.2) is 18.2 Å². The van der Waals surface area contributed by atoms with Gasteiger partial charge in [-0.15, -0.1) is 0 Å². The van der Waals surface area contributed by atoms with E-state index in [0.717, 1.165) is 38.5 Å². The standard InChI is InChI=1S/C26H38N6O6/c1-26(2,3)38-25(36)32-14-9-7-5-4-6-8-13-27-22-29-23(31-24(35)30-22)28-18-11-12-19(21(33)34)20(17-18)37-16-10-15-32/h11-12,17H,4-10,13-16H2,1-3H3,(H,33,34)(H3,27,28,29,30,31,35). The minimum atomic E-state index is -1.13. The summed E-state index contributed by atoms with van der Waals surface area (Å²) in [6.07, 6.45) is 6.05. The molecule has 208 valence electrons. The highest BCUT2D eigenvalue weighted by Gasteiger charge is 2.22. The molecule has 12 nitrogen and oxygen atoms in total. The molecular weight excluding hydrogens is 492 g/mol. The lowest BCUT2D eigenvalue weighted by atomic mass is 10.1. The van der Waals surface area contributed by atoms with Crippen LogP contribution in [0.2, 0.25) is 0 Å². The van der Waals surface area contributed by atoms with Crippen molar-refractivity contribution < 1.29 is 29.3 Å². The summed E-state index contributed by atoms with van der Waals surface area (Å²) in [5, 5.41) is 25.6. The van der Waals surface area contributed by atoms with Gasteiger partial charge in [0.1, 0.15) is 16.9 Å². The Balaban J connectivity index is 1.78. The molecule has 4 N–H and O–H groups in total. The Kier molecular flexibility index (Phi) is 10.3. The fourth-order valence-electron chi connectivity index (χ4n) is 3.92. The van der Waals surface area contributed by atoms with E-state index in [1.54, 1.807) is 11.0 Å². The summed E-state index contributed by atoms with van der Waals surface area (Å²) >= 11 is 0. The number of aromatic hydroxyl groups is 1. The summed E-state index contributed by atoms with van der Waals surface area (Å²) in [4.78, 5) is 38.3. The Labute approximate surface area is 222 Å². The summed E-state index contributed by atoms with van der Waals surface area (Å²) in [5.41, 5.74) is -0.121. The second-order valence-corrected chi connectivity index (χ2v) is 10.1. The van der Waals surface area contributed by atoms with Gasteiger partial charge in [-0.25, -0.2) is 9.59 Å². The number of ether oxygens (including phenoxy) is 2. The van der Waals surface area contributed by atoms with E-state index in [9.17, 15) is 19.8 Å². The van der Waals surface area contributed by atoms with Crippen molar-refractivity contribution in [2.45, 2.75) is 71.3 Å². The molecule has 0 saturated carbocycles. The van der Waals surface area contributed by atoms with Gasteiger partial charge in [-0.1, -0.05) is 25.7 Å². The van der Waals surface area contributed by atoms with Crippen molar-refractivity contribution in [3.8, 4) is 11.8 Å². The monoisotopic (exact) mass is 530 g/mol. The maximum Gasteiger partial charge on any atom is 0.410 e. The van der Waals surface area contributed by atoms with Crippen LogP contribution in [0.3, 0.4) is 0 Å². The zero-order valence-electron chi connectivity index (χ0n) is 22.3. The van der Waals surface area contributed by atoms with E-state index < -0.39 is 17.6 Å². The highest BCUT2D eigenvalue weighted by molar-refractivity contribution is 5.91. The molecule has 0 unspecified atom stereocenters. The van der Waals surface area contributed by atoms with E-state index in [0.29, 0.717) is 31.7 Å². The highest BCUT2D eigenvalue weighted by Crippen LogP contribution is 2.26. The minimum Gasteiger partial charge on any atom is -0.493 e. The largest absolute Gasteiger partial charge is 0.493 e. The number of benzene rings is 1. The van der Waals surface area contributed by atoms with Crippen molar-refractivity contribution in [1.82, 2.24) is 19.9 Å². The number of nitrogens with one attached hydrogen (secondary N) is 2. The summed E-state index contributed by atoms with van der Waals surface area (Å²) in [7, 11) is 0. The van der Waals surface area contributed by atoms with Crippen molar-refractivity contribution in [3.05, 3.63) is 23.8 Å². The number of nitrogens with zero attached hydrogens (tertiary/aromatic N) is 4. The lowest BCUT2D eigenvalue weighted by Crippen LogP contribution is -2.38. The predicted molar refractivity (Wildman–Crippen MR) is 142 cm³/mol. The summed E-state index contributed by atoms with van der Waals surface area (Å²) in [6.45, 7) is 7.36. The first-order valence-corrected chi connectivity index (χ1v) is 13.0. The van der Waals surface area contributed by atoms with Gasteiger partial charge in [0, 0.05) is 31.4 Å². The molecule has 2 heterocycles. The van der Waals surface area contributed by atoms with Gasteiger partial charge < -0.3 is 35.2 Å². The summed E-state index contributed by atoms with van der Waals surface area (Å²) in [6, 6.07) is 4.08. The number of aromatic carboxylic acids is 1. The van der Waals surface area contributed by atoms with E-state index >= 15 is 0 Å². The quantitative estimate of drug-likeness (QED) is 0.401. The van der Waals surface area contributed by atoms with Gasteiger partial charge in [0.2, 0.25) is 11.9 Å². The van der Waals surface area contributed by atoms with Crippen LogP contribution in [0.4, 0.5) is 22.4 Å². The lowest BCUT2D eigenvalue weighted by Gasteiger charge is -2.27. The van der Waals surface area contributed by atoms with Crippen molar-refractivity contribution >= 4 is 29.6 Å². The molecule has 3 rings (SSSR count). The maximum atomic E-state index is 12.8. The number of carbonyl (C=O) groups is 2. The van der Waals surface area contributed by atoms with Crippen LogP contribution in [0.25, 0.3) is 0 Å². The van der Waals surface area contributed by atoms with Crippen molar-refractivity contribution in [2.24, 2.45) is 0 Å². The zero-order chi connectivity index (χ0) is 27.5. The number of fused-ring (bicyclic) bond motifs is 4. The molecule has 0 aliphatic carbocycles. The van der Waals surface area contributed by atoms with Gasteiger partial charge in [-0.05, 0) is 52.2 Å². The van der Waals surface area contributed by atoms with E-state index in [-0.39, 0.29) is 35.9 Å². The van der Waals surface area contributed by atoms with E-state index in [4.69, 9.17) is 9.47 Å². The van der Waals surface area contributed by atoms with E-state index in [1.165, 1.54) is 12.1 Å². The molecule has 0 atom stereocenters. The Morgan fingerprint density at radius 1 is 0.974 bits per heavy atom. The molecule has 2 aromatic rings. The number of carbonyl (C=O) groups excluding carboxylic acids is 1. The Morgan fingerprint density at radius 3 is 2.39 bits per heavy atom. The molecular formula is C26H38N6O6. The summed E-state index contributed by atoms with van der Waals surface area (Å²) < 4.78 is 11.4. The van der Waals surface area contributed by atoms with Crippen molar-refractivity contribution in [1.29, 1.82) is 0 Å². The third kappa shape index (κ3) is 9.56. The zero-order valence-corrected chi connectivity index (χ0v) is 22.3.